The van der Waals surface area contributed by atoms with Gasteiger partial charge in [-0.1, -0.05) is 26.0 Å². The van der Waals surface area contributed by atoms with Gasteiger partial charge in [-0.3, -0.25) is 14.8 Å². The molecule has 0 aliphatic rings. The van der Waals surface area contributed by atoms with E-state index in [-0.39, 0.29) is 18.5 Å². The van der Waals surface area contributed by atoms with Gasteiger partial charge in [-0.25, -0.2) is 4.98 Å². The Balaban J connectivity index is 1.96. The molecule has 1 N–H and O–H groups in total. The fraction of sp³-hybridized carbons (Fsp3) is 0.400. The van der Waals surface area contributed by atoms with Crippen LogP contribution in [0.15, 0.2) is 24.5 Å². The first-order valence-corrected chi connectivity index (χ1v) is 6.84. The van der Waals surface area contributed by atoms with E-state index in [2.05, 4.69) is 35.3 Å². The van der Waals surface area contributed by atoms with Crippen molar-refractivity contribution in [2.24, 2.45) is 7.05 Å². The number of aromatic nitrogens is 3. The minimum Gasteiger partial charge on any atom is -0.483 e. The van der Waals surface area contributed by atoms with Crippen LogP contribution in [0.2, 0.25) is 0 Å². The van der Waals surface area contributed by atoms with E-state index < -0.39 is 0 Å². The third kappa shape index (κ3) is 4.05. The predicted molar refractivity (Wildman–Crippen MR) is 80.4 cm³/mol. The molecule has 2 rings (SSSR count). The lowest BCUT2D eigenvalue weighted by atomic mass is 10.0. The average molecular weight is 288 g/mol. The molecule has 0 atom stereocenters. The molecule has 0 bridgehead atoms. The number of rotatable bonds is 5. The zero-order valence-electron chi connectivity index (χ0n) is 12.8. The Hall–Kier alpha value is -2.37. The van der Waals surface area contributed by atoms with Gasteiger partial charge in [-0.15, -0.1) is 5.10 Å². The number of ether oxygens (including phenoxy) is 1. The summed E-state index contributed by atoms with van der Waals surface area (Å²) < 4.78 is 7.11. The highest BCUT2D eigenvalue weighted by atomic mass is 16.5. The number of nitrogens with one attached hydrogen (secondary N) is 1. The fourth-order valence-corrected chi connectivity index (χ4v) is 1.83. The SMILES string of the molecule is Cc1ccc(C(C)C)cc1OCC(=O)Nc1ncn(C)n1. The van der Waals surface area contributed by atoms with Crippen LogP contribution in [0.5, 0.6) is 5.75 Å². The monoisotopic (exact) mass is 288 g/mol. The highest BCUT2D eigenvalue weighted by Gasteiger charge is 2.09. The van der Waals surface area contributed by atoms with Gasteiger partial charge in [-0.2, -0.15) is 0 Å². The molecule has 112 valence electrons. The predicted octanol–water partition coefficient (Wildman–Crippen LogP) is 2.26. The van der Waals surface area contributed by atoms with Crippen molar-refractivity contribution in [3.05, 3.63) is 35.7 Å². The zero-order chi connectivity index (χ0) is 15.4. The molecule has 1 amide bonds. The molecule has 2 aromatic rings. The van der Waals surface area contributed by atoms with E-state index in [1.807, 2.05) is 19.1 Å². The molecule has 0 aliphatic carbocycles. The van der Waals surface area contributed by atoms with Gasteiger partial charge < -0.3 is 4.74 Å². The third-order valence-electron chi connectivity index (χ3n) is 3.09. The number of carbonyl (C=O) groups excluding carboxylic acids is 1. The Morgan fingerprint density at radius 2 is 2.19 bits per heavy atom. The van der Waals surface area contributed by atoms with E-state index in [1.165, 1.54) is 16.6 Å². The number of anilines is 1. The Morgan fingerprint density at radius 1 is 1.43 bits per heavy atom. The summed E-state index contributed by atoms with van der Waals surface area (Å²) in [5, 5.41) is 6.56. The van der Waals surface area contributed by atoms with Gasteiger partial charge in [0.15, 0.2) is 6.61 Å². The van der Waals surface area contributed by atoms with Crippen LogP contribution in [0.4, 0.5) is 5.95 Å². The van der Waals surface area contributed by atoms with Gasteiger partial charge in [0.1, 0.15) is 12.1 Å². The normalized spacial score (nSPS) is 10.7. The molecule has 21 heavy (non-hydrogen) atoms. The molecule has 0 saturated carbocycles. The molecular formula is C15H20N4O2. The Bertz CT molecular complexity index is 634. The van der Waals surface area contributed by atoms with Crippen LogP contribution >= 0.6 is 0 Å². The molecular weight excluding hydrogens is 268 g/mol. The average Bonchev–Trinajstić information content (AvgIpc) is 2.82. The van der Waals surface area contributed by atoms with E-state index >= 15 is 0 Å². The second-order valence-corrected chi connectivity index (χ2v) is 5.26. The maximum absolute atomic E-state index is 11.8. The molecule has 6 heteroatoms. The summed E-state index contributed by atoms with van der Waals surface area (Å²) >= 11 is 0. The number of benzene rings is 1. The Kier molecular flexibility index (Phi) is 4.57. The number of amides is 1. The Labute approximate surface area is 124 Å². The summed E-state index contributed by atoms with van der Waals surface area (Å²) in [6, 6.07) is 6.06. The smallest absolute Gasteiger partial charge is 0.264 e. The van der Waals surface area contributed by atoms with Crippen molar-refractivity contribution < 1.29 is 9.53 Å². The minimum absolute atomic E-state index is 0.0688. The van der Waals surface area contributed by atoms with E-state index in [0.717, 1.165) is 11.3 Å². The van der Waals surface area contributed by atoms with Crippen LogP contribution in [0, 0.1) is 6.92 Å². The molecule has 0 spiro atoms. The number of hydrogen-bond acceptors (Lipinski definition) is 4. The maximum Gasteiger partial charge on any atom is 0.264 e. The van der Waals surface area contributed by atoms with Crippen molar-refractivity contribution in [2.45, 2.75) is 26.7 Å². The summed E-state index contributed by atoms with van der Waals surface area (Å²) in [7, 11) is 1.74. The molecule has 0 aliphatic heterocycles. The van der Waals surface area contributed by atoms with Gasteiger partial charge >= 0.3 is 0 Å². The first-order valence-electron chi connectivity index (χ1n) is 6.84. The second kappa shape index (κ2) is 6.39. The number of hydrogen-bond donors (Lipinski definition) is 1. The van der Waals surface area contributed by atoms with Gasteiger partial charge in [0.05, 0.1) is 0 Å². The van der Waals surface area contributed by atoms with Crippen molar-refractivity contribution in [2.75, 3.05) is 11.9 Å². The van der Waals surface area contributed by atoms with E-state index in [9.17, 15) is 4.79 Å². The lowest BCUT2D eigenvalue weighted by Crippen LogP contribution is -2.21. The van der Waals surface area contributed by atoms with Crippen molar-refractivity contribution in [1.82, 2.24) is 14.8 Å². The fourth-order valence-electron chi connectivity index (χ4n) is 1.83. The molecule has 0 radical (unpaired) electrons. The van der Waals surface area contributed by atoms with Crippen LogP contribution in [0.3, 0.4) is 0 Å². The van der Waals surface area contributed by atoms with Crippen molar-refractivity contribution in [3.8, 4) is 5.75 Å². The summed E-state index contributed by atoms with van der Waals surface area (Å²) in [5.41, 5.74) is 2.19. The highest BCUT2D eigenvalue weighted by molar-refractivity contribution is 5.90. The molecule has 1 aromatic carbocycles. The summed E-state index contributed by atoms with van der Waals surface area (Å²) in [4.78, 5) is 15.7. The minimum atomic E-state index is -0.282. The Morgan fingerprint density at radius 3 is 2.81 bits per heavy atom. The number of nitrogens with zero attached hydrogens (tertiary/aromatic N) is 3. The maximum atomic E-state index is 11.8. The first-order chi connectivity index (χ1) is 9.95. The number of carbonyl (C=O) groups is 1. The molecule has 0 unspecified atom stereocenters. The largest absolute Gasteiger partial charge is 0.483 e. The quantitative estimate of drug-likeness (QED) is 0.916. The molecule has 1 aromatic heterocycles. The second-order valence-electron chi connectivity index (χ2n) is 5.26. The first kappa shape index (κ1) is 15.0. The van der Waals surface area contributed by atoms with Crippen LogP contribution in [0.25, 0.3) is 0 Å². The topological polar surface area (TPSA) is 69.0 Å². The van der Waals surface area contributed by atoms with E-state index in [0.29, 0.717) is 5.92 Å². The lowest BCUT2D eigenvalue weighted by molar-refractivity contribution is -0.118. The van der Waals surface area contributed by atoms with Gasteiger partial charge in [0, 0.05) is 7.05 Å². The summed E-state index contributed by atoms with van der Waals surface area (Å²) in [5.74, 6) is 1.14. The van der Waals surface area contributed by atoms with Gasteiger partial charge in [0.2, 0.25) is 5.95 Å². The van der Waals surface area contributed by atoms with E-state index in [4.69, 9.17) is 4.74 Å². The summed E-state index contributed by atoms with van der Waals surface area (Å²) in [6.07, 6.45) is 1.52. The van der Waals surface area contributed by atoms with Crippen LogP contribution < -0.4 is 10.1 Å². The number of aryl methyl sites for hydroxylation is 2. The van der Waals surface area contributed by atoms with Gasteiger partial charge in [0.25, 0.3) is 5.91 Å². The molecule has 1 heterocycles. The van der Waals surface area contributed by atoms with Crippen LogP contribution in [-0.2, 0) is 11.8 Å². The molecule has 0 saturated heterocycles. The summed E-state index contributed by atoms with van der Waals surface area (Å²) in [6.45, 7) is 6.13. The zero-order valence-corrected chi connectivity index (χ0v) is 12.8. The molecule has 6 nitrogen and oxygen atoms in total. The van der Waals surface area contributed by atoms with Crippen LogP contribution in [0.1, 0.15) is 30.9 Å². The van der Waals surface area contributed by atoms with Gasteiger partial charge in [-0.05, 0) is 30.0 Å². The van der Waals surface area contributed by atoms with Crippen molar-refractivity contribution in [1.29, 1.82) is 0 Å². The standard InChI is InChI=1S/C15H20N4O2/c1-10(2)12-6-5-11(3)13(7-12)21-8-14(20)17-15-16-9-19(4)18-15/h5-7,9-10H,8H2,1-4H3,(H,17,18,20). The van der Waals surface area contributed by atoms with Crippen LogP contribution in [-0.4, -0.2) is 27.3 Å². The third-order valence-corrected chi connectivity index (χ3v) is 3.09. The highest BCUT2D eigenvalue weighted by Crippen LogP contribution is 2.24. The van der Waals surface area contributed by atoms with Crippen molar-refractivity contribution >= 4 is 11.9 Å². The molecule has 0 fully saturated rings. The van der Waals surface area contributed by atoms with E-state index in [1.54, 1.807) is 7.05 Å². The van der Waals surface area contributed by atoms with Crippen molar-refractivity contribution in [3.63, 3.8) is 0 Å². The lowest BCUT2D eigenvalue weighted by Gasteiger charge is -2.12.